The van der Waals surface area contributed by atoms with E-state index in [-0.39, 0.29) is 10.6 Å². The van der Waals surface area contributed by atoms with Crippen LogP contribution in [0.2, 0.25) is 0 Å². The highest BCUT2D eigenvalue weighted by molar-refractivity contribution is 7.87. The van der Waals surface area contributed by atoms with E-state index < -0.39 is 10.1 Å². The minimum atomic E-state index is -3.95. The SMILES string of the molecule is CCOc1cc(/C=N/n2cnnc2)ccc1OS(=O)(=O)c1ccccc1. The molecule has 0 aliphatic heterocycles. The molecule has 0 saturated carbocycles. The van der Waals surface area contributed by atoms with Gasteiger partial charge in [-0.25, -0.2) is 4.68 Å². The molecular formula is C17H16N4O4S. The van der Waals surface area contributed by atoms with Gasteiger partial charge in [-0.1, -0.05) is 18.2 Å². The maximum Gasteiger partial charge on any atom is 0.339 e. The third-order valence-corrected chi connectivity index (χ3v) is 4.49. The fourth-order valence-electron chi connectivity index (χ4n) is 2.08. The summed E-state index contributed by atoms with van der Waals surface area (Å²) >= 11 is 0. The highest BCUT2D eigenvalue weighted by Gasteiger charge is 2.19. The van der Waals surface area contributed by atoms with Gasteiger partial charge in [-0.05, 0) is 42.8 Å². The maximum absolute atomic E-state index is 12.4. The van der Waals surface area contributed by atoms with Crippen LogP contribution in [0.25, 0.3) is 0 Å². The van der Waals surface area contributed by atoms with Crippen molar-refractivity contribution in [1.82, 2.24) is 14.9 Å². The normalized spacial score (nSPS) is 11.6. The molecule has 0 saturated heterocycles. The molecule has 1 heterocycles. The molecule has 134 valence electrons. The average Bonchev–Trinajstić information content (AvgIpc) is 3.16. The summed E-state index contributed by atoms with van der Waals surface area (Å²) in [5, 5.41) is 11.4. The molecule has 0 bridgehead atoms. The van der Waals surface area contributed by atoms with Crippen molar-refractivity contribution in [3.05, 3.63) is 66.7 Å². The Bertz CT molecular complexity index is 987. The highest BCUT2D eigenvalue weighted by Crippen LogP contribution is 2.30. The van der Waals surface area contributed by atoms with Gasteiger partial charge in [0, 0.05) is 0 Å². The van der Waals surface area contributed by atoms with Crippen LogP contribution < -0.4 is 8.92 Å². The van der Waals surface area contributed by atoms with Gasteiger partial charge < -0.3 is 8.92 Å². The summed E-state index contributed by atoms with van der Waals surface area (Å²) < 4.78 is 37.0. The van der Waals surface area contributed by atoms with E-state index in [4.69, 9.17) is 8.92 Å². The van der Waals surface area contributed by atoms with Gasteiger partial charge in [-0.15, -0.1) is 10.2 Å². The zero-order valence-corrected chi connectivity index (χ0v) is 14.7. The molecule has 8 nitrogen and oxygen atoms in total. The fourth-order valence-corrected chi connectivity index (χ4v) is 3.04. The first kappa shape index (κ1) is 17.6. The molecule has 9 heteroatoms. The van der Waals surface area contributed by atoms with Gasteiger partial charge in [-0.3, -0.25) is 0 Å². The Morgan fingerprint density at radius 3 is 2.50 bits per heavy atom. The van der Waals surface area contributed by atoms with Crippen LogP contribution in [0.5, 0.6) is 11.5 Å². The van der Waals surface area contributed by atoms with Gasteiger partial charge in [0.15, 0.2) is 11.5 Å². The van der Waals surface area contributed by atoms with Crippen LogP contribution in [0.15, 0.2) is 71.2 Å². The third kappa shape index (κ3) is 4.25. The van der Waals surface area contributed by atoms with Crippen LogP contribution in [-0.2, 0) is 10.1 Å². The number of nitrogens with zero attached hydrogens (tertiary/aromatic N) is 4. The van der Waals surface area contributed by atoms with Crippen molar-refractivity contribution in [2.24, 2.45) is 5.10 Å². The van der Waals surface area contributed by atoms with Crippen LogP contribution in [0.1, 0.15) is 12.5 Å². The van der Waals surface area contributed by atoms with Crippen molar-refractivity contribution < 1.29 is 17.3 Å². The largest absolute Gasteiger partial charge is 0.490 e. The molecule has 0 amide bonds. The summed E-state index contributed by atoms with van der Waals surface area (Å²) in [4.78, 5) is 0.0701. The van der Waals surface area contributed by atoms with Crippen molar-refractivity contribution >= 4 is 16.3 Å². The molecule has 1 aromatic heterocycles. The molecule has 0 aliphatic carbocycles. The first-order valence-corrected chi connectivity index (χ1v) is 9.14. The number of hydrogen-bond donors (Lipinski definition) is 0. The Kier molecular flexibility index (Phi) is 5.28. The smallest absolute Gasteiger partial charge is 0.339 e. The van der Waals surface area contributed by atoms with Crippen molar-refractivity contribution in [1.29, 1.82) is 0 Å². The summed E-state index contributed by atoms with van der Waals surface area (Å²) in [7, 11) is -3.95. The van der Waals surface area contributed by atoms with Gasteiger partial charge in [0.2, 0.25) is 0 Å². The molecule has 2 aromatic carbocycles. The topological polar surface area (TPSA) is 95.7 Å². The highest BCUT2D eigenvalue weighted by atomic mass is 32.2. The van der Waals surface area contributed by atoms with E-state index in [1.807, 2.05) is 0 Å². The van der Waals surface area contributed by atoms with E-state index in [1.54, 1.807) is 43.5 Å². The molecule has 0 unspecified atom stereocenters. The van der Waals surface area contributed by atoms with Gasteiger partial charge in [-0.2, -0.15) is 13.5 Å². The molecule has 0 N–H and O–H groups in total. The summed E-state index contributed by atoms with van der Waals surface area (Å²) in [6.07, 6.45) is 4.47. The lowest BCUT2D eigenvalue weighted by Gasteiger charge is -2.12. The molecule has 0 fully saturated rings. The predicted octanol–water partition coefficient (Wildman–Crippen LogP) is 2.33. The van der Waals surface area contributed by atoms with Crippen LogP contribution in [0.4, 0.5) is 0 Å². The molecule has 3 aromatic rings. The fraction of sp³-hybridized carbons (Fsp3) is 0.118. The zero-order chi connectivity index (χ0) is 18.4. The molecule has 0 atom stereocenters. The number of hydrogen-bond acceptors (Lipinski definition) is 7. The summed E-state index contributed by atoms with van der Waals surface area (Å²) in [6, 6.07) is 12.8. The van der Waals surface area contributed by atoms with Gasteiger partial charge in [0.1, 0.15) is 17.6 Å². The molecule has 3 rings (SSSR count). The van der Waals surface area contributed by atoms with Crippen LogP contribution in [0, 0.1) is 0 Å². The van der Waals surface area contributed by atoms with Crippen molar-refractivity contribution in [3.63, 3.8) is 0 Å². The van der Waals surface area contributed by atoms with Gasteiger partial charge in [0.05, 0.1) is 12.8 Å². The number of benzene rings is 2. The minimum absolute atomic E-state index is 0.0701. The van der Waals surface area contributed by atoms with E-state index in [2.05, 4.69) is 15.3 Å². The second kappa shape index (κ2) is 7.79. The lowest BCUT2D eigenvalue weighted by atomic mass is 10.2. The second-order valence-electron chi connectivity index (χ2n) is 5.08. The summed E-state index contributed by atoms with van der Waals surface area (Å²) in [5.41, 5.74) is 0.701. The van der Waals surface area contributed by atoms with E-state index in [0.717, 1.165) is 0 Å². The van der Waals surface area contributed by atoms with Crippen molar-refractivity contribution in [2.75, 3.05) is 6.61 Å². The van der Waals surface area contributed by atoms with Gasteiger partial charge >= 0.3 is 10.1 Å². The Morgan fingerprint density at radius 1 is 1.08 bits per heavy atom. The molecule has 0 aliphatic rings. The van der Waals surface area contributed by atoms with E-state index in [0.29, 0.717) is 17.9 Å². The Hall–Kier alpha value is -3.20. The number of ether oxygens (including phenoxy) is 1. The summed E-state index contributed by atoms with van der Waals surface area (Å²) in [6.45, 7) is 2.15. The van der Waals surface area contributed by atoms with E-state index >= 15 is 0 Å². The number of aromatic nitrogens is 3. The van der Waals surface area contributed by atoms with Crippen molar-refractivity contribution in [2.45, 2.75) is 11.8 Å². The second-order valence-corrected chi connectivity index (χ2v) is 6.62. The lowest BCUT2D eigenvalue weighted by molar-refractivity contribution is 0.327. The Morgan fingerprint density at radius 2 is 1.81 bits per heavy atom. The van der Waals surface area contributed by atoms with Gasteiger partial charge in [0.25, 0.3) is 0 Å². The first-order valence-electron chi connectivity index (χ1n) is 7.74. The summed E-state index contributed by atoms with van der Waals surface area (Å²) in [5.74, 6) is 0.414. The Labute approximate surface area is 150 Å². The van der Waals surface area contributed by atoms with E-state index in [1.165, 1.54) is 35.5 Å². The molecular weight excluding hydrogens is 356 g/mol. The Balaban J connectivity index is 1.87. The minimum Gasteiger partial charge on any atom is -0.490 e. The van der Waals surface area contributed by atoms with Crippen LogP contribution >= 0.6 is 0 Å². The lowest BCUT2D eigenvalue weighted by Crippen LogP contribution is -2.10. The molecule has 26 heavy (non-hydrogen) atoms. The quantitative estimate of drug-likeness (QED) is 0.466. The monoisotopic (exact) mass is 372 g/mol. The predicted molar refractivity (Wildman–Crippen MR) is 94.9 cm³/mol. The first-order chi connectivity index (χ1) is 12.6. The van der Waals surface area contributed by atoms with Crippen LogP contribution in [0.3, 0.4) is 0 Å². The van der Waals surface area contributed by atoms with E-state index in [9.17, 15) is 8.42 Å². The molecule has 0 spiro atoms. The maximum atomic E-state index is 12.4. The van der Waals surface area contributed by atoms with Crippen molar-refractivity contribution in [3.8, 4) is 11.5 Å². The molecule has 0 radical (unpaired) electrons. The zero-order valence-electron chi connectivity index (χ0n) is 13.9. The number of rotatable bonds is 7. The van der Waals surface area contributed by atoms with Crippen LogP contribution in [-0.4, -0.2) is 36.1 Å². The average molecular weight is 372 g/mol. The standard InChI is InChI=1S/C17H16N4O4S/c1-2-24-17-10-14(11-20-21-12-18-19-13-21)8-9-16(17)25-26(22,23)15-6-4-3-5-7-15/h3-13H,2H2,1H3/b20-11+. The third-order valence-electron chi connectivity index (χ3n) is 3.25.